The minimum Gasteiger partial charge on any atom is -0.492 e. The van der Waals surface area contributed by atoms with Crippen LogP contribution in [0.4, 0.5) is 10.7 Å². The van der Waals surface area contributed by atoms with E-state index in [-0.39, 0.29) is 5.78 Å². The van der Waals surface area contributed by atoms with E-state index in [0.29, 0.717) is 22.4 Å². The van der Waals surface area contributed by atoms with Crippen molar-refractivity contribution >= 4 is 27.8 Å². The fourth-order valence-corrected chi connectivity index (χ4v) is 3.55. The maximum atomic E-state index is 11.6. The van der Waals surface area contributed by atoms with Gasteiger partial charge in [-0.3, -0.25) is 4.79 Å². The molecular weight excluding hydrogens is 262 g/mol. The largest absolute Gasteiger partial charge is 0.492 e. The van der Waals surface area contributed by atoms with Gasteiger partial charge < -0.3 is 20.3 Å². The molecule has 1 aliphatic rings. The monoisotopic (exact) mass is 283 g/mol. The van der Waals surface area contributed by atoms with Crippen molar-refractivity contribution < 1.29 is 9.53 Å². The maximum Gasteiger partial charge on any atom is 0.177 e. The quantitative estimate of drug-likeness (QED) is 0.852. The van der Waals surface area contributed by atoms with Crippen LogP contribution in [0.3, 0.4) is 0 Å². The highest BCUT2D eigenvalue weighted by molar-refractivity contribution is 7.19. The van der Waals surface area contributed by atoms with Gasteiger partial charge in [-0.2, -0.15) is 0 Å². The predicted molar refractivity (Wildman–Crippen MR) is 79.6 cm³/mol. The van der Waals surface area contributed by atoms with Gasteiger partial charge in [-0.1, -0.05) is 0 Å². The van der Waals surface area contributed by atoms with Crippen LogP contribution in [0.25, 0.3) is 0 Å². The third-order valence-electron chi connectivity index (χ3n) is 3.59. The summed E-state index contributed by atoms with van der Waals surface area (Å²) >= 11 is 1.44. The lowest BCUT2D eigenvalue weighted by Gasteiger charge is -2.21. The molecule has 2 N–H and O–H groups in total. The number of rotatable bonds is 4. The highest BCUT2D eigenvalue weighted by Crippen LogP contribution is 2.45. The molecule has 19 heavy (non-hydrogen) atoms. The standard InChI is InChI=1S/C13H21N3O2S/c1-8(17)12-10(14)11(18-4)13(19-12)16-6-5-9(7-16)15(2)3/h9H,5-7,14H2,1-4H3. The second kappa shape index (κ2) is 5.38. The number of methoxy groups -OCH3 is 1. The van der Waals surface area contributed by atoms with Crippen LogP contribution in [0.2, 0.25) is 0 Å². The molecule has 0 aliphatic carbocycles. The molecule has 0 amide bonds. The summed E-state index contributed by atoms with van der Waals surface area (Å²) in [6.07, 6.45) is 1.11. The zero-order valence-corrected chi connectivity index (χ0v) is 12.7. The first-order valence-corrected chi connectivity index (χ1v) is 7.16. The van der Waals surface area contributed by atoms with Crippen molar-refractivity contribution in [1.29, 1.82) is 0 Å². The van der Waals surface area contributed by atoms with Gasteiger partial charge in [0.2, 0.25) is 0 Å². The van der Waals surface area contributed by atoms with Crippen molar-refractivity contribution in [1.82, 2.24) is 4.90 Å². The van der Waals surface area contributed by atoms with E-state index in [9.17, 15) is 4.79 Å². The van der Waals surface area contributed by atoms with Crippen LogP contribution in [0, 0.1) is 0 Å². The SMILES string of the molecule is COc1c(N2CCC(N(C)C)C2)sc(C(C)=O)c1N. The van der Waals surface area contributed by atoms with Crippen LogP contribution in [0.15, 0.2) is 0 Å². The first-order valence-electron chi connectivity index (χ1n) is 6.34. The molecule has 1 aromatic heterocycles. The summed E-state index contributed by atoms with van der Waals surface area (Å²) < 4.78 is 5.39. The topological polar surface area (TPSA) is 58.8 Å². The molecule has 0 aromatic carbocycles. The van der Waals surface area contributed by atoms with Crippen LogP contribution in [-0.2, 0) is 0 Å². The van der Waals surface area contributed by atoms with Crippen molar-refractivity contribution in [2.45, 2.75) is 19.4 Å². The molecule has 0 spiro atoms. The molecular formula is C13H21N3O2S. The van der Waals surface area contributed by atoms with E-state index in [0.717, 1.165) is 24.5 Å². The Morgan fingerprint density at radius 3 is 2.68 bits per heavy atom. The number of Topliss-reactive ketones (excluding diaryl/α,β-unsaturated/α-hetero) is 1. The number of anilines is 2. The summed E-state index contributed by atoms with van der Waals surface area (Å²) in [5.41, 5.74) is 6.48. The number of nitrogens with two attached hydrogens (primary N) is 1. The summed E-state index contributed by atoms with van der Waals surface area (Å²) in [5, 5.41) is 0.981. The Balaban J connectivity index is 2.30. The number of nitrogens with zero attached hydrogens (tertiary/aromatic N) is 2. The molecule has 2 heterocycles. The smallest absolute Gasteiger partial charge is 0.177 e. The van der Waals surface area contributed by atoms with Gasteiger partial charge in [-0.15, -0.1) is 11.3 Å². The number of likely N-dealkylation sites (N-methyl/N-ethyl adjacent to an activating group) is 1. The molecule has 0 bridgehead atoms. The molecule has 0 saturated carbocycles. The Hall–Kier alpha value is -1.27. The number of hydrogen-bond acceptors (Lipinski definition) is 6. The second-order valence-corrected chi connectivity index (χ2v) is 6.09. The Labute approximate surface area is 117 Å². The van der Waals surface area contributed by atoms with Gasteiger partial charge in [-0.25, -0.2) is 0 Å². The van der Waals surface area contributed by atoms with E-state index < -0.39 is 0 Å². The van der Waals surface area contributed by atoms with Gasteiger partial charge in [0.15, 0.2) is 11.5 Å². The highest BCUT2D eigenvalue weighted by Gasteiger charge is 2.30. The molecule has 5 nitrogen and oxygen atoms in total. The van der Waals surface area contributed by atoms with Crippen molar-refractivity contribution in [2.75, 3.05) is 44.9 Å². The Kier molecular flexibility index (Phi) is 4.01. The Morgan fingerprint density at radius 2 is 2.21 bits per heavy atom. The highest BCUT2D eigenvalue weighted by atomic mass is 32.1. The second-order valence-electron chi connectivity index (χ2n) is 5.09. The normalized spacial score (nSPS) is 19.2. The van der Waals surface area contributed by atoms with Crippen LogP contribution in [-0.4, -0.2) is 51.0 Å². The fraction of sp³-hybridized carbons (Fsp3) is 0.615. The van der Waals surface area contributed by atoms with E-state index in [2.05, 4.69) is 23.9 Å². The predicted octanol–water partition coefficient (Wildman–Crippen LogP) is 1.68. The number of nitrogen functional groups attached to an aromatic ring is 1. The fourth-order valence-electron chi connectivity index (χ4n) is 2.43. The lowest BCUT2D eigenvalue weighted by atomic mass is 10.2. The van der Waals surface area contributed by atoms with Crippen LogP contribution in [0.5, 0.6) is 5.75 Å². The van der Waals surface area contributed by atoms with Gasteiger partial charge in [0.05, 0.1) is 17.7 Å². The number of ether oxygens (including phenoxy) is 1. The Bertz CT molecular complexity index is 484. The molecule has 106 valence electrons. The summed E-state index contributed by atoms with van der Waals surface area (Å²) in [6, 6.07) is 0.536. The first-order chi connectivity index (χ1) is 8.95. The first kappa shape index (κ1) is 14.1. The minimum absolute atomic E-state index is 0.00425. The summed E-state index contributed by atoms with van der Waals surface area (Å²) in [5.74, 6) is 0.644. The lowest BCUT2D eigenvalue weighted by molar-refractivity contribution is 0.102. The average molecular weight is 283 g/mol. The van der Waals surface area contributed by atoms with Crippen molar-refractivity contribution in [3.8, 4) is 5.75 Å². The number of ketones is 1. The molecule has 0 radical (unpaired) electrons. The number of carbonyl (C=O) groups is 1. The maximum absolute atomic E-state index is 11.6. The number of hydrogen-bond donors (Lipinski definition) is 1. The molecule has 1 aromatic rings. The number of thiophene rings is 1. The number of carbonyl (C=O) groups excluding carboxylic acids is 1. The average Bonchev–Trinajstić information content (AvgIpc) is 2.92. The van der Waals surface area contributed by atoms with E-state index in [1.807, 2.05) is 0 Å². The van der Waals surface area contributed by atoms with E-state index >= 15 is 0 Å². The van der Waals surface area contributed by atoms with Crippen molar-refractivity contribution in [3.63, 3.8) is 0 Å². The third-order valence-corrected chi connectivity index (χ3v) is 4.94. The molecule has 2 rings (SSSR count). The minimum atomic E-state index is -0.00425. The van der Waals surface area contributed by atoms with Gasteiger partial charge in [0.25, 0.3) is 0 Å². The summed E-state index contributed by atoms with van der Waals surface area (Å²) in [6.45, 7) is 3.45. The summed E-state index contributed by atoms with van der Waals surface area (Å²) in [4.78, 5) is 16.7. The van der Waals surface area contributed by atoms with Gasteiger partial charge in [0, 0.05) is 26.1 Å². The zero-order valence-electron chi connectivity index (χ0n) is 11.9. The molecule has 1 fully saturated rings. The lowest BCUT2D eigenvalue weighted by Crippen LogP contribution is -2.31. The molecule has 1 unspecified atom stereocenters. The van der Waals surface area contributed by atoms with Crippen LogP contribution >= 0.6 is 11.3 Å². The third kappa shape index (κ3) is 2.55. The molecule has 1 saturated heterocycles. The van der Waals surface area contributed by atoms with E-state index in [1.54, 1.807) is 7.11 Å². The van der Waals surface area contributed by atoms with Crippen molar-refractivity contribution in [3.05, 3.63) is 4.88 Å². The summed E-state index contributed by atoms with van der Waals surface area (Å²) in [7, 11) is 5.79. The van der Waals surface area contributed by atoms with Crippen LogP contribution in [0.1, 0.15) is 23.0 Å². The van der Waals surface area contributed by atoms with E-state index in [1.165, 1.54) is 18.3 Å². The van der Waals surface area contributed by atoms with Crippen LogP contribution < -0.4 is 15.4 Å². The zero-order chi connectivity index (χ0) is 14.2. The van der Waals surface area contributed by atoms with Gasteiger partial charge >= 0.3 is 0 Å². The molecule has 6 heteroatoms. The molecule has 1 atom stereocenters. The molecule has 1 aliphatic heterocycles. The van der Waals surface area contributed by atoms with Gasteiger partial charge in [-0.05, 0) is 20.5 Å². The Morgan fingerprint density at radius 1 is 1.53 bits per heavy atom. The van der Waals surface area contributed by atoms with E-state index in [4.69, 9.17) is 10.5 Å². The van der Waals surface area contributed by atoms with Crippen molar-refractivity contribution in [2.24, 2.45) is 0 Å². The van der Waals surface area contributed by atoms with Gasteiger partial charge in [0.1, 0.15) is 5.00 Å².